The molecular weight excluding hydrogens is 518 g/mol. The van der Waals surface area contributed by atoms with Gasteiger partial charge in [-0.15, -0.1) is 0 Å². The molecule has 4 aromatic rings. The van der Waals surface area contributed by atoms with E-state index >= 15 is 0 Å². The van der Waals surface area contributed by atoms with Gasteiger partial charge in [-0.05, 0) is 36.4 Å². The Bertz CT molecular complexity index is 1380. The molecule has 4 rings (SSSR count). The van der Waals surface area contributed by atoms with Crippen molar-refractivity contribution < 1.29 is 22.3 Å². The molecule has 168 valence electrons. The lowest BCUT2D eigenvalue weighted by atomic mass is 10.1. The highest BCUT2D eigenvalue weighted by Crippen LogP contribution is 2.35. The minimum atomic E-state index is -2.83. The fraction of sp³-hybridized carbons (Fsp3) is 0.0455. The molecule has 0 spiro atoms. The number of rotatable bonds is 6. The van der Waals surface area contributed by atoms with Gasteiger partial charge < -0.3 is 9.87 Å². The Labute approximate surface area is 198 Å². The van der Waals surface area contributed by atoms with E-state index in [1.165, 1.54) is 30.6 Å². The van der Waals surface area contributed by atoms with Crippen molar-refractivity contribution in [2.75, 3.05) is 4.31 Å². The van der Waals surface area contributed by atoms with Gasteiger partial charge in [-0.2, -0.15) is 0 Å². The summed E-state index contributed by atoms with van der Waals surface area (Å²) in [6, 6.07) is 12.4. The first-order valence-corrected chi connectivity index (χ1v) is 11.3. The minimum Gasteiger partial charge on any atom is -0.755 e. The summed E-state index contributed by atoms with van der Waals surface area (Å²) in [4.78, 5) is 21.4. The summed E-state index contributed by atoms with van der Waals surface area (Å²) in [6.07, 6.45) is 2.92. The van der Waals surface area contributed by atoms with Crippen LogP contribution in [0, 0.1) is 11.6 Å². The fourth-order valence-corrected chi connectivity index (χ4v) is 4.20. The maximum absolute atomic E-state index is 13.9. The molecule has 3 aromatic carbocycles. The molecule has 1 aromatic heterocycles. The molecule has 11 heteroatoms. The average Bonchev–Trinajstić information content (AvgIpc) is 2.78. The highest BCUT2D eigenvalue weighted by molar-refractivity contribution is 9.10. The Balaban J connectivity index is 1.74. The van der Waals surface area contributed by atoms with Gasteiger partial charge in [0.2, 0.25) is 0 Å². The lowest BCUT2D eigenvalue weighted by Crippen LogP contribution is -2.28. The zero-order chi connectivity index (χ0) is 23.5. The molecule has 0 aliphatic carbocycles. The van der Waals surface area contributed by atoms with Crippen LogP contribution in [-0.4, -0.2) is 24.6 Å². The van der Waals surface area contributed by atoms with E-state index in [1.807, 2.05) is 0 Å². The fourth-order valence-electron chi connectivity index (χ4n) is 3.23. The predicted octanol–water partition coefficient (Wildman–Crippen LogP) is 4.53. The molecule has 0 aliphatic heterocycles. The topological polar surface area (TPSA) is 98.2 Å². The van der Waals surface area contributed by atoms with Crippen LogP contribution in [0.5, 0.6) is 0 Å². The Kier molecular flexibility index (Phi) is 6.72. The van der Waals surface area contributed by atoms with Crippen LogP contribution in [0.4, 0.5) is 20.2 Å². The van der Waals surface area contributed by atoms with Crippen molar-refractivity contribution in [3.05, 3.63) is 94.2 Å². The number of carbonyl (C=O) groups is 1. The normalized spacial score (nSPS) is 11.9. The first kappa shape index (κ1) is 22.9. The van der Waals surface area contributed by atoms with Gasteiger partial charge in [-0.25, -0.2) is 8.78 Å². The van der Waals surface area contributed by atoms with Crippen LogP contribution in [0.25, 0.3) is 11.0 Å². The SMILES string of the molecule is O=C(NCc1ccc(F)cc1F)c1ccc(Br)cc1N(c1cccc2nccnc12)S(=O)[O-]. The van der Waals surface area contributed by atoms with Gasteiger partial charge in [0, 0.05) is 35.0 Å². The van der Waals surface area contributed by atoms with Crippen LogP contribution < -0.4 is 9.62 Å². The van der Waals surface area contributed by atoms with Crippen LogP contribution in [0.1, 0.15) is 15.9 Å². The number of amides is 1. The number of para-hydroxylation sites is 1. The minimum absolute atomic E-state index is 0.0193. The molecule has 0 saturated heterocycles. The molecule has 0 fully saturated rings. The molecule has 1 atom stereocenters. The molecule has 0 radical (unpaired) electrons. The zero-order valence-corrected chi connectivity index (χ0v) is 19.1. The maximum Gasteiger partial charge on any atom is 0.253 e. The second-order valence-electron chi connectivity index (χ2n) is 6.79. The van der Waals surface area contributed by atoms with Gasteiger partial charge in [0.1, 0.15) is 17.2 Å². The number of hydrogen-bond acceptors (Lipinski definition) is 5. The number of halogens is 3. The van der Waals surface area contributed by atoms with Crippen molar-refractivity contribution in [2.45, 2.75) is 6.54 Å². The predicted molar refractivity (Wildman–Crippen MR) is 122 cm³/mol. The molecule has 0 bridgehead atoms. The first-order valence-electron chi connectivity index (χ1n) is 9.46. The van der Waals surface area contributed by atoms with E-state index in [-0.39, 0.29) is 29.0 Å². The molecule has 7 nitrogen and oxygen atoms in total. The number of fused-ring (bicyclic) bond motifs is 1. The van der Waals surface area contributed by atoms with Gasteiger partial charge in [-0.1, -0.05) is 28.1 Å². The molecule has 1 amide bonds. The molecule has 33 heavy (non-hydrogen) atoms. The van der Waals surface area contributed by atoms with E-state index in [9.17, 15) is 22.3 Å². The monoisotopic (exact) mass is 531 g/mol. The van der Waals surface area contributed by atoms with Crippen LogP contribution in [-0.2, 0) is 17.8 Å². The Morgan fingerprint density at radius 3 is 2.61 bits per heavy atom. The van der Waals surface area contributed by atoms with Crippen LogP contribution >= 0.6 is 15.9 Å². The van der Waals surface area contributed by atoms with Crippen molar-refractivity contribution in [1.82, 2.24) is 15.3 Å². The number of carbonyl (C=O) groups excluding carboxylic acids is 1. The third-order valence-corrected chi connectivity index (χ3v) is 5.91. The maximum atomic E-state index is 13.9. The molecule has 1 N–H and O–H groups in total. The van der Waals surface area contributed by atoms with Crippen LogP contribution in [0.15, 0.2) is 71.5 Å². The molecule has 1 heterocycles. The molecule has 0 aliphatic rings. The van der Waals surface area contributed by atoms with Crippen molar-refractivity contribution in [3.8, 4) is 0 Å². The number of nitrogens with zero attached hydrogens (tertiary/aromatic N) is 3. The average molecular weight is 532 g/mol. The molecule has 1 unspecified atom stereocenters. The van der Waals surface area contributed by atoms with Crippen molar-refractivity contribution >= 4 is 55.5 Å². The largest absolute Gasteiger partial charge is 0.755 e. The Morgan fingerprint density at radius 2 is 1.85 bits per heavy atom. The summed E-state index contributed by atoms with van der Waals surface area (Å²) < 4.78 is 53.2. The van der Waals surface area contributed by atoms with Crippen molar-refractivity contribution in [3.63, 3.8) is 0 Å². The van der Waals surface area contributed by atoms with E-state index in [4.69, 9.17) is 0 Å². The lowest BCUT2D eigenvalue weighted by Gasteiger charge is -2.29. The number of hydrogen-bond donors (Lipinski definition) is 1. The van der Waals surface area contributed by atoms with Gasteiger partial charge >= 0.3 is 0 Å². The number of anilines is 2. The highest BCUT2D eigenvalue weighted by Gasteiger charge is 2.22. The van der Waals surface area contributed by atoms with Crippen molar-refractivity contribution in [2.24, 2.45) is 0 Å². The lowest BCUT2D eigenvalue weighted by molar-refractivity contribution is 0.0951. The summed E-state index contributed by atoms with van der Waals surface area (Å²) in [5.74, 6) is -2.18. The van der Waals surface area contributed by atoms with Gasteiger partial charge in [-0.3, -0.25) is 23.3 Å². The van der Waals surface area contributed by atoms with E-state index in [0.717, 1.165) is 16.4 Å². The second kappa shape index (κ2) is 9.69. The van der Waals surface area contributed by atoms with E-state index in [2.05, 4.69) is 31.2 Å². The van der Waals surface area contributed by atoms with E-state index in [0.29, 0.717) is 15.5 Å². The van der Waals surface area contributed by atoms with Crippen LogP contribution in [0.2, 0.25) is 0 Å². The number of nitrogens with one attached hydrogen (secondary N) is 1. The zero-order valence-electron chi connectivity index (χ0n) is 16.7. The summed E-state index contributed by atoms with van der Waals surface area (Å²) in [5.41, 5.74) is 1.14. The van der Waals surface area contributed by atoms with E-state index < -0.39 is 28.8 Å². The molecular formula is C22H14BrF2N4O3S-. The quantitative estimate of drug-likeness (QED) is 0.368. The molecule has 0 saturated carbocycles. The third kappa shape index (κ3) is 4.90. The first-order chi connectivity index (χ1) is 15.8. The van der Waals surface area contributed by atoms with E-state index in [1.54, 1.807) is 24.3 Å². The number of aromatic nitrogens is 2. The smallest absolute Gasteiger partial charge is 0.253 e. The number of benzene rings is 3. The van der Waals surface area contributed by atoms with Crippen molar-refractivity contribution in [1.29, 1.82) is 0 Å². The summed E-state index contributed by atoms with van der Waals surface area (Å²) in [7, 11) is 0. The third-order valence-electron chi connectivity index (χ3n) is 4.72. The Hall–Kier alpha value is -3.28. The summed E-state index contributed by atoms with van der Waals surface area (Å²) in [5, 5.41) is 2.55. The summed E-state index contributed by atoms with van der Waals surface area (Å²) in [6.45, 7) is -0.222. The van der Waals surface area contributed by atoms with Gasteiger partial charge in [0.05, 0.1) is 33.7 Å². The van der Waals surface area contributed by atoms with Gasteiger partial charge in [0.15, 0.2) is 0 Å². The summed E-state index contributed by atoms with van der Waals surface area (Å²) >= 11 is 0.475. The van der Waals surface area contributed by atoms with Crippen LogP contribution in [0.3, 0.4) is 0 Å². The Morgan fingerprint density at radius 1 is 1.06 bits per heavy atom. The highest BCUT2D eigenvalue weighted by atomic mass is 79.9. The standard InChI is InChI=1S/C22H15BrF2N4O3S/c23-14-5-7-16(22(30)28-12-13-4-6-15(24)11-17(13)25)20(10-14)29(33(31)32)19-3-1-2-18-21(19)27-9-8-26-18/h1-11H,12H2,(H,28,30)(H,31,32)/p-1. The van der Waals surface area contributed by atoms with Gasteiger partial charge in [0.25, 0.3) is 5.91 Å². The second-order valence-corrected chi connectivity index (χ2v) is 8.51.